The maximum Gasteiger partial charge on any atom is 0.247 e. The molecule has 0 bridgehead atoms. The highest BCUT2D eigenvalue weighted by Crippen LogP contribution is 2.20. The Kier molecular flexibility index (Phi) is 10.2. The molecular weight excluding hydrogens is 532 g/mol. The molecule has 3 heterocycles. The SMILES string of the molecule is COc1ccc(C=CC(=O)N(Cc2ccc(N3CCOCC3)nc2)C(Cc2ccccc2)C(=O)N2CCOCC2)cc1. The minimum atomic E-state index is -0.697. The number of carbonyl (C=O) groups excluding carboxylic acids is 2. The Hall–Kier alpha value is -4.21. The van der Waals surface area contributed by atoms with Gasteiger partial charge in [-0.15, -0.1) is 0 Å². The molecule has 9 heteroatoms. The Morgan fingerprint density at radius 3 is 2.24 bits per heavy atom. The smallest absolute Gasteiger partial charge is 0.247 e. The molecule has 0 N–H and O–H groups in total. The average molecular weight is 571 g/mol. The van der Waals surface area contributed by atoms with Crippen LogP contribution in [-0.2, 0) is 32.0 Å². The fourth-order valence-electron chi connectivity index (χ4n) is 5.17. The van der Waals surface area contributed by atoms with Crippen molar-refractivity contribution in [3.8, 4) is 5.75 Å². The number of pyridine rings is 1. The molecule has 1 atom stereocenters. The van der Waals surface area contributed by atoms with Gasteiger partial charge in [0.2, 0.25) is 11.8 Å². The molecule has 42 heavy (non-hydrogen) atoms. The summed E-state index contributed by atoms with van der Waals surface area (Å²) in [5.41, 5.74) is 2.70. The van der Waals surface area contributed by atoms with Crippen LogP contribution >= 0.6 is 0 Å². The van der Waals surface area contributed by atoms with Crippen LogP contribution in [0.25, 0.3) is 6.08 Å². The van der Waals surface area contributed by atoms with E-state index >= 15 is 0 Å². The zero-order valence-electron chi connectivity index (χ0n) is 24.1. The fourth-order valence-corrected chi connectivity index (χ4v) is 5.17. The first-order valence-corrected chi connectivity index (χ1v) is 14.4. The molecule has 0 radical (unpaired) electrons. The summed E-state index contributed by atoms with van der Waals surface area (Å²) in [6.45, 7) is 5.17. The Morgan fingerprint density at radius 1 is 0.905 bits per heavy atom. The number of rotatable bonds is 10. The van der Waals surface area contributed by atoms with Gasteiger partial charge in [-0.1, -0.05) is 48.5 Å². The molecule has 0 spiro atoms. The van der Waals surface area contributed by atoms with Crippen LogP contribution < -0.4 is 9.64 Å². The van der Waals surface area contributed by atoms with Gasteiger partial charge in [0.15, 0.2) is 0 Å². The Bertz CT molecular complexity index is 1320. The first kappa shape index (κ1) is 29.3. The molecule has 0 saturated carbocycles. The largest absolute Gasteiger partial charge is 0.497 e. The molecule has 1 unspecified atom stereocenters. The number of benzene rings is 2. The molecule has 2 aliphatic heterocycles. The van der Waals surface area contributed by atoms with Gasteiger partial charge in [0.1, 0.15) is 17.6 Å². The maximum atomic E-state index is 14.0. The standard InChI is InChI=1S/C33H38N4O5/c1-40-29-11-7-26(8-12-29)10-14-32(38)37(25-28-9-13-31(34-24-28)35-15-19-41-20-16-35)30(23-27-5-3-2-4-6-27)33(39)36-17-21-42-22-18-36/h2-14,24,30H,15-23,25H2,1H3. The molecule has 9 nitrogen and oxygen atoms in total. The van der Waals surface area contributed by atoms with E-state index in [-0.39, 0.29) is 18.4 Å². The first-order chi connectivity index (χ1) is 20.6. The van der Waals surface area contributed by atoms with Crippen molar-refractivity contribution in [2.45, 2.75) is 19.0 Å². The van der Waals surface area contributed by atoms with Crippen LogP contribution in [0.3, 0.4) is 0 Å². The number of hydrogen-bond acceptors (Lipinski definition) is 7. The lowest BCUT2D eigenvalue weighted by Gasteiger charge is -2.36. The summed E-state index contributed by atoms with van der Waals surface area (Å²) in [4.78, 5) is 38.4. The van der Waals surface area contributed by atoms with Gasteiger partial charge in [-0.3, -0.25) is 9.59 Å². The van der Waals surface area contributed by atoms with Gasteiger partial charge in [0, 0.05) is 51.4 Å². The van der Waals surface area contributed by atoms with Gasteiger partial charge in [-0.25, -0.2) is 4.98 Å². The van der Waals surface area contributed by atoms with Gasteiger partial charge in [-0.05, 0) is 41.0 Å². The lowest BCUT2D eigenvalue weighted by molar-refractivity contribution is -0.147. The zero-order chi connectivity index (χ0) is 29.1. The molecule has 0 aliphatic carbocycles. The molecule has 2 amide bonds. The van der Waals surface area contributed by atoms with Gasteiger partial charge < -0.3 is 28.9 Å². The van der Waals surface area contributed by atoms with Crippen molar-refractivity contribution < 1.29 is 23.8 Å². The third-order valence-corrected chi connectivity index (χ3v) is 7.57. The number of anilines is 1. The minimum absolute atomic E-state index is 0.0775. The van der Waals surface area contributed by atoms with Gasteiger partial charge in [-0.2, -0.15) is 0 Å². The van der Waals surface area contributed by atoms with Crippen LogP contribution in [0.15, 0.2) is 79.0 Å². The highest BCUT2D eigenvalue weighted by atomic mass is 16.5. The van der Waals surface area contributed by atoms with Crippen LogP contribution in [0.2, 0.25) is 0 Å². The lowest BCUT2D eigenvalue weighted by atomic mass is 10.0. The third kappa shape index (κ3) is 7.74. The molecular formula is C33H38N4O5. The summed E-state index contributed by atoms with van der Waals surface area (Å²) in [7, 11) is 1.62. The second-order valence-electron chi connectivity index (χ2n) is 10.3. The van der Waals surface area contributed by atoms with Crippen LogP contribution in [-0.4, -0.2) is 92.4 Å². The Labute approximate surface area is 247 Å². The highest BCUT2D eigenvalue weighted by Gasteiger charge is 2.33. The Morgan fingerprint density at radius 2 is 1.60 bits per heavy atom. The van der Waals surface area contributed by atoms with E-state index in [1.54, 1.807) is 30.4 Å². The van der Waals surface area contributed by atoms with E-state index in [1.165, 1.54) is 0 Å². The highest BCUT2D eigenvalue weighted by molar-refractivity contribution is 5.95. The van der Waals surface area contributed by atoms with Crippen molar-refractivity contribution in [1.82, 2.24) is 14.8 Å². The molecule has 220 valence electrons. The van der Waals surface area contributed by atoms with Crippen molar-refractivity contribution in [1.29, 1.82) is 0 Å². The fraction of sp³-hybridized carbons (Fsp3) is 0.364. The molecule has 2 fully saturated rings. The van der Waals surface area contributed by atoms with E-state index in [0.29, 0.717) is 45.9 Å². The van der Waals surface area contributed by atoms with Gasteiger partial charge in [0.05, 0.1) is 33.5 Å². The van der Waals surface area contributed by atoms with Crippen molar-refractivity contribution in [3.63, 3.8) is 0 Å². The van der Waals surface area contributed by atoms with Crippen LogP contribution in [0, 0.1) is 0 Å². The molecule has 2 saturated heterocycles. The number of hydrogen-bond donors (Lipinski definition) is 0. The zero-order valence-corrected chi connectivity index (χ0v) is 24.1. The maximum absolute atomic E-state index is 14.0. The number of aromatic nitrogens is 1. The molecule has 2 aliphatic rings. The van der Waals surface area contributed by atoms with Crippen molar-refractivity contribution in [2.75, 3.05) is 64.6 Å². The van der Waals surface area contributed by atoms with Gasteiger partial charge in [0.25, 0.3) is 0 Å². The number of morpholine rings is 2. The number of amides is 2. The van der Waals surface area contributed by atoms with E-state index in [1.807, 2.05) is 71.6 Å². The number of ether oxygens (including phenoxy) is 3. The summed E-state index contributed by atoms with van der Waals surface area (Å²) >= 11 is 0. The van der Waals surface area contributed by atoms with E-state index in [9.17, 15) is 9.59 Å². The summed E-state index contributed by atoms with van der Waals surface area (Å²) in [5, 5.41) is 0. The molecule has 3 aromatic rings. The third-order valence-electron chi connectivity index (χ3n) is 7.57. The van der Waals surface area contributed by atoms with Gasteiger partial charge >= 0.3 is 0 Å². The second-order valence-corrected chi connectivity index (χ2v) is 10.3. The first-order valence-electron chi connectivity index (χ1n) is 14.4. The van der Waals surface area contributed by atoms with Crippen molar-refractivity contribution >= 4 is 23.7 Å². The number of methoxy groups -OCH3 is 1. The Balaban J connectivity index is 1.44. The second kappa shape index (κ2) is 14.6. The lowest BCUT2D eigenvalue weighted by Crippen LogP contribution is -2.53. The number of carbonyl (C=O) groups is 2. The summed E-state index contributed by atoms with van der Waals surface area (Å²) in [6.07, 6.45) is 5.52. The normalized spacial score (nSPS) is 16.3. The minimum Gasteiger partial charge on any atom is -0.497 e. The summed E-state index contributed by atoms with van der Waals surface area (Å²) < 4.78 is 16.2. The van der Waals surface area contributed by atoms with Crippen LogP contribution in [0.5, 0.6) is 5.75 Å². The molecule has 1 aromatic heterocycles. The summed E-state index contributed by atoms with van der Waals surface area (Å²) in [5.74, 6) is 1.30. The molecule has 2 aromatic carbocycles. The van der Waals surface area contributed by atoms with E-state index < -0.39 is 6.04 Å². The predicted octanol–water partition coefficient (Wildman–Crippen LogP) is 3.44. The van der Waals surface area contributed by atoms with Crippen LogP contribution in [0.4, 0.5) is 5.82 Å². The average Bonchev–Trinajstić information content (AvgIpc) is 3.06. The van der Waals surface area contributed by atoms with Crippen LogP contribution in [0.1, 0.15) is 16.7 Å². The van der Waals surface area contributed by atoms with E-state index in [4.69, 9.17) is 19.2 Å². The predicted molar refractivity (Wildman–Crippen MR) is 161 cm³/mol. The van der Waals surface area contributed by atoms with E-state index in [0.717, 1.165) is 41.3 Å². The monoisotopic (exact) mass is 570 g/mol. The van der Waals surface area contributed by atoms with E-state index in [2.05, 4.69) is 4.90 Å². The quantitative estimate of drug-likeness (QED) is 0.346. The van der Waals surface area contributed by atoms with Crippen molar-refractivity contribution in [3.05, 3.63) is 95.7 Å². The summed E-state index contributed by atoms with van der Waals surface area (Å²) in [6, 6.07) is 20.6. The number of nitrogens with zero attached hydrogens (tertiary/aromatic N) is 4. The van der Waals surface area contributed by atoms with Crippen molar-refractivity contribution in [2.24, 2.45) is 0 Å². The topological polar surface area (TPSA) is 84.4 Å². The molecule has 5 rings (SSSR count).